The lowest BCUT2D eigenvalue weighted by Crippen LogP contribution is -2.26. The number of nitrogens with one attached hydrogen (secondary N) is 2. The molecule has 0 aliphatic carbocycles. The summed E-state index contributed by atoms with van der Waals surface area (Å²) in [6, 6.07) is 6.20. The maximum Gasteiger partial charge on any atom is 0.269 e. The third kappa shape index (κ3) is 6.14. The molecule has 0 fully saturated rings. The molecule has 7 nitrogen and oxygen atoms in total. The summed E-state index contributed by atoms with van der Waals surface area (Å²) in [6.07, 6.45) is 1.93. The van der Waals surface area contributed by atoms with Crippen LogP contribution in [0.1, 0.15) is 19.3 Å². The van der Waals surface area contributed by atoms with E-state index in [1.807, 2.05) is 0 Å². The molecule has 0 aliphatic rings. The molecule has 1 amide bonds. The maximum atomic E-state index is 11.4. The fourth-order valence-corrected chi connectivity index (χ4v) is 1.60. The fraction of sp³-hybridized carbons (Fsp3) is 0.462. The van der Waals surface area contributed by atoms with Gasteiger partial charge in [0.1, 0.15) is 0 Å². The first-order chi connectivity index (χ1) is 9.63. The number of carbonyl (C=O) groups excluding carboxylic acids is 1. The van der Waals surface area contributed by atoms with Crippen LogP contribution >= 0.6 is 0 Å². The minimum Gasteiger partial charge on any atom is -0.385 e. The summed E-state index contributed by atoms with van der Waals surface area (Å²) >= 11 is 0. The number of nitrogens with two attached hydrogens (primary N) is 1. The van der Waals surface area contributed by atoms with Gasteiger partial charge in [-0.25, -0.2) is 0 Å². The van der Waals surface area contributed by atoms with Crippen molar-refractivity contribution >= 4 is 17.3 Å². The highest BCUT2D eigenvalue weighted by atomic mass is 16.6. The Hall–Kier alpha value is -2.15. The topological polar surface area (TPSA) is 110 Å². The number of nitro groups is 1. The first kappa shape index (κ1) is 15.9. The summed E-state index contributed by atoms with van der Waals surface area (Å²) in [5.41, 5.74) is 6.20. The molecule has 7 heteroatoms. The Labute approximate surface area is 117 Å². The van der Waals surface area contributed by atoms with E-state index in [4.69, 9.17) is 5.73 Å². The van der Waals surface area contributed by atoms with E-state index in [-0.39, 0.29) is 11.6 Å². The average molecular weight is 280 g/mol. The van der Waals surface area contributed by atoms with Crippen molar-refractivity contribution in [1.29, 1.82) is 0 Å². The lowest BCUT2D eigenvalue weighted by Gasteiger charge is -2.06. The second-order valence-corrected chi connectivity index (χ2v) is 4.33. The van der Waals surface area contributed by atoms with Gasteiger partial charge in [0.05, 0.1) is 4.92 Å². The lowest BCUT2D eigenvalue weighted by atomic mass is 10.2. The third-order valence-electron chi connectivity index (χ3n) is 2.69. The number of benzene rings is 1. The molecule has 0 spiro atoms. The zero-order valence-corrected chi connectivity index (χ0v) is 11.3. The SMILES string of the molecule is NCCCNC(=O)CCCNc1ccc([N+](=O)[O-])cc1. The third-order valence-corrected chi connectivity index (χ3v) is 2.69. The molecule has 0 unspecified atom stereocenters. The molecule has 1 aromatic rings. The number of rotatable bonds is 9. The van der Waals surface area contributed by atoms with Crippen molar-refractivity contribution in [2.45, 2.75) is 19.3 Å². The van der Waals surface area contributed by atoms with Crippen LogP contribution < -0.4 is 16.4 Å². The number of nitrogens with zero attached hydrogens (tertiary/aromatic N) is 1. The largest absolute Gasteiger partial charge is 0.385 e. The highest BCUT2D eigenvalue weighted by Gasteiger charge is 2.04. The van der Waals surface area contributed by atoms with Crippen molar-refractivity contribution in [3.05, 3.63) is 34.4 Å². The predicted octanol–water partition coefficient (Wildman–Crippen LogP) is 1.25. The predicted molar refractivity (Wildman–Crippen MR) is 77.5 cm³/mol. The molecule has 0 bridgehead atoms. The first-order valence-electron chi connectivity index (χ1n) is 6.58. The molecular weight excluding hydrogens is 260 g/mol. The number of nitro benzene ring substituents is 1. The van der Waals surface area contributed by atoms with E-state index in [2.05, 4.69) is 10.6 Å². The fourth-order valence-electron chi connectivity index (χ4n) is 1.60. The van der Waals surface area contributed by atoms with E-state index in [9.17, 15) is 14.9 Å². The summed E-state index contributed by atoms with van der Waals surface area (Å²) in [5.74, 6) is 0.0175. The van der Waals surface area contributed by atoms with Crippen molar-refractivity contribution < 1.29 is 9.72 Å². The molecule has 0 aromatic heterocycles. The van der Waals surface area contributed by atoms with Gasteiger partial charge in [-0.1, -0.05) is 0 Å². The summed E-state index contributed by atoms with van der Waals surface area (Å²) in [4.78, 5) is 21.4. The number of amides is 1. The Morgan fingerprint density at radius 2 is 1.90 bits per heavy atom. The Morgan fingerprint density at radius 3 is 2.50 bits per heavy atom. The quantitative estimate of drug-likeness (QED) is 0.358. The van der Waals surface area contributed by atoms with Crippen LogP contribution in [-0.4, -0.2) is 30.5 Å². The summed E-state index contributed by atoms with van der Waals surface area (Å²) < 4.78 is 0. The Bertz CT molecular complexity index is 434. The van der Waals surface area contributed by atoms with Crippen LogP contribution in [-0.2, 0) is 4.79 Å². The molecule has 0 saturated heterocycles. The van der Waals surface area contributed by atoms with E-state index in [1.54, 1.807) is 12.1 Å². The number of anilines is 1. The van der Waals surface area contributed by atoms with Crippen LogP contribution in [0.15, 0.2) is 24.3 Å². The number of non-ortho nitro benzene ring substituents is 1. The van der Waals surface area contributed by atoms with Crippen LogP contribution in [0.25, 0.3) is 0 Å². The van der Waals surface area contributed by atoms with Crippen molar-refractivity contribution in [2.75, 3.05) is 25.0 Å². The Balaban J connectivity index is 2.17. The van der Waals surface area contributed by atoms with Gasteiger partial charge in [0.2, 0.25) is 5.91 Å². The van der Waals surface area contributed by atoms with Crippen molar-refractivity contribution in [3.63, 3.8) is 0 Å². The molecule has 110 valence electrons. The van der Waals surface area contributed by atoms with Gasteiger partial charge in [-0.2, -0.15) is 0 Å². The minimum absolute atomic E-state index is 0.0175. The normalized spacial score (nSPS) is 10.1. The van der Waals surface area contributed by atoms with E-state index < -0.39 is 4.92 Å². The molecule has 0 aliphatic heterocycles. The molecule has 20 heavy (non-hydrogen) atoms. The monoisotopic (exact) mass is 280 g/mol. The minimum atomic E-state index is -0.435. The van der Waals surface area contributed by atoms with Gasteiger partial charge in [0, 0.05) is 37.3 Å². The molecule has 0 saturated carbocycles. The average Bonchev–Trinajstić information content (AvgIpc) is 2.44. The molecule has 4 N–H and O–H groups in total. The zero-order valence-electron chi connectivity index (χ0n) is 11.3. The number of hydrogen-bond acceptors (Lipinski definition) is 5. The van der Waals surface area contributed by atoms with E-state index >= 15 is 0 Å². The second kappa shape index (κ2) is 8.87. The highest BCUT2D eigenvalue weighted by Crippen LogP contribution is 2.15. The van der Waals surface area contributed by atoms with Gasteiger partial charge >= 0.3 is 0 Å². The Morgan fingerprint density at radius 1 is 1.20 bits per heavy atom. The lowest BCUT2D eigenvalue weighted by molar-refractivity contribution is -0.384. The molecule has 0 atom stereocenters. The van der Waals surface area contributed by atoms with Gasteiger partial charge in [0.15, 0.2) is 0 Å². The zero-order chi connectivity index (χ0) is 14.8. The van der Waals surface area contributed by atoms with Crippen molar-refractivity contribution in [2.24, 2.45) is 5.73 Å². The van der Waals surface area contributed by atoms with Gasteiger partial charge < -0.3 is 16.4 Å². The van der Waals surface area contributed by atoms with E-state index in [1.165, 1.54) is 12.1 Å². The molecule has 1 rings (SSSR count). The van der Waals surface area contributed by atoms with Crippen LogP contribution in [0.3, 0.4) is 0 Å². The molecule has 0 radical (unpaired) electrons. The molecule has 0 heterocycles. The van der Waals surface area contributed by atoms with Crippen LogP contribution in [0.5, 0.6) is 0 Å². The molecule has 1 aromatic carbocycles. The summed E-state index contributed by atoms with van der Waals surface area (Å²) in [7, 11) is 0. The molecular formula is C13H20N4O3. The van der Waals surface area contributed by atoms with Crippen LogP contribution in [0, 0.1) is 10.1 Å². The smallest absolute Gasteiger partial charge is 0.269 e. The summed E-state index contributed by atoms with van der Waals surface area (Å²) in [6.45, 7) is 1.83. The van der Waals surface area contributed by atoms with E-state index in [0.29, 0.717) is 32.5 Å². The number of hydrogen-bond donors (Lipinski definition) is 3. The van der Waals surface area contributed by atoms with E-state index in [0.717, 1.165) is 12.1 Å². The second-order valence-electron chi connectivity index (χ2n) is 4.33. The first-order valence-corrected chi connectivity index (χ1v) is 6.58. The number of carbonyl (C=O) groups is 1. The maximum absolute atomic E-state index is 11.4. The van der Waals surface area contributed by atoms with Crippen LogP contribution in [0.4, 0.5) is 11.4 Å². The van der Waals surface area contributed by atoms with Gasteiger partial charge in [0.25, 0.3) is 5.69 Å². The Kier molecular flexibility index (Phi) is 7.05. The standard InChI is InChI=1S/C13H20N4O3/c14-8-2-10-16-13(18)3-1-9-15-11-4-6-12(7-5-11)17(19)20/h4-7,15H,1-3,8-10,14H2,(H,16,18). The van der Waals surface area contributed by atoms with Crippen molar-refractivity contribution in [3.8, 4) is 0 Å². The van der Waals surface area contributed by atoms with Gasteiger partial charge in [-0.15, -0.1) is 0 Å². The van der Waals surface area contributed by atoms with Gasteiger partial charge in [-0.3, -0.25) is 14.9 Å². The highest BCUT2D eigenvalue weighted by molar-refractivity contribution is 5.75. The van der Waals surface area contributed by atoms with Crippen LogP contribution in [0.2, 0.25) is 0 Å². The summed E-state index contributed by atoms with van der Waals surface area (Å²) in [5, 5.41) is 16.4. The van der Waals surface area contributed by atoms with Gasteiger partial charge in [-0.05, 0) is 31.5 Å². The van der Waals surface area contributed by atoms with Crippen molar-refractivity contribution in [1.82, 2.24) is 5.32 Å².